The van der Waals surface area contributed by atoms with Gasteiger partial charge in [0.1, 0.15) is 0 Å². The van der Waals surface area contributed by atoms with Crippen LogP contribution >= 0.6 is 15.9 Å². The molecule has 1 aliphatic rings. The first-order valence-corrected chi connectivity index (χ1v) is 15.5. The lowest BCUT2D eigenvalue weighted by Gasteiger charge is -2.31. The molecule has 0 bridgehead atoms. The highest BCUT2D eigenvalue weighted by molar-refractivity contribution is 9.10. The van der Waals surface area contributed by atoms with Gasteiger partial charge in [-0.25, -0.2) is 0 Å². The van der Waals surface area contributed by atoms with Gasteiger partial charge in [0.25, 0.3) is 0 Å². The number of rotatable bonds is 15. The quantitative estimate of drug-likeness (QED) is 0.177. The molecule has 0 saturated heterocycles. The highest BCUT2D eigenvalue weighted by atomic mass is 79.9. The van der Waals surface area contributed by atoms with E-state index in [1.54, 1.807) is 0 Å². The molecule has 2 N–H and O–H groups in total. The van der Waals surface area contributed by atoms with Gasteiger partial charge in [-0.1, -0.05) is 66.7 Å². The van der Waals surface area contributed by atoms with Crippen molar-refractivity contribution >= 4 is 15.9 Å². The number of hydrogen-bond donors (Lipinski definition) is 2. The van der Waals surface area contributed by atoms with Gasteiger partial charge < -0.3 is 19.7 Å². The maximum Gasteiger partial charge on any atom is 0.184 e. The van der Waals surface area contributed by atoms with Gasteiger partial charge in [0.05, 0.1) is 4.47 Å². The minimum Gasteiger partial charge on any atom is -0.504 e. The molecule has 0 atom stereocenters. The van der Waals surface area contributed by atoms with Gasteiger partial charge in [-0.05, 0) is 91.3 Å². The average Bonchev–Trinajstić information content (AvgIpc) is 2.90. The molecule has 3 rings (SSSR count). The molecule has 4 nitrogen and oxygen atoms in total. The van der Waals surface area contributed by atoms with Crippen molar-refractivity contribution in [2.24, 2.45) is 0 Å². The van der Waals surface area contributed by atoms with E-state index in [0.717, 1.165) is 99.4 Å². The Kier molecular flexibility index (Phi) is 11.5. The van der Waals surface area contributed by atoms with Crippen LogP contribution in [-0.2, 0) is 32.1 Å². The topological polar surface area (TPSA) is 58.9 Å². The summed E-state index contributed by atoms with van der Waals surface area (Å²) in [4.78, 5) is 0. The minimum absolute atomic E-state index is 0.0506. The molecule has 0 radical (unpaired) electrons. The maximum absolute atomic E-state index is 11.1. The van der Waals surface area contributed by atoms with Crippen molar-refractivity contribution in [3.63, 3.8) is 0 Å². The number of phenolic OH excluding ortho intramolecular Hbond substituents is 2. The summed E-state index contributed by atoms with van der Waals surface area (Å²) in [6.07, 6.45) is 14.7. The molecule has 0 aliphatic carbocycles. The molecule has 0 unspecified atom stereocenters. The number of benzene rings is 2. The number of halogens is 1. The molecule has 206 valence electrons. The molecule has 5 heteroatoms. The second-order valence-corrected chi connectivity index (χ2v) is 11.2. The van der Waals surface area contributed by atoms with Crippen LogP contribution < -0.4 is 9.47 Å². The van der Waals surface area contributed by atoms with Crippen molar-refractivity contribution in [1.82, 2.24) is 0 Å². The normalized spacial score (nSPS) is 12.2. The molecule has 0 fully saturated rings. The van der Waals surface area contributed by atoms with E-state index in [0.29, 0.717) is 35.5 Å². The Morgan fingerprint density at radius 3 is 1.22 bits per heavy atom. The third kappa shape index (κ3) is 6.41. The number of ether oxygens (including phenoxy) is 2. The summed E-state index contributed by atoms with van der Waals surface area (Å²) in [6, 6.07) is 0. The van der Waals surface area contributed by atoms with Crippen molar-refractivity contribution in [2.45, 2.75) is 131 Å². The third-order valence-corrected chi connectivity index (χ3v) is 8.37. The Morgan fingerprint density at radius 2 is 0.784 bits per heavy atom. The fraction of sp³-hybridized carbons (Fsp3) is 0.625. The first-order chi connectivity index (χ1) is 17.9. The Balaban J connectivity index is 2.28. The van der Waals surface area contributed by atoms with Crippen LogP contribution in [0.4, 0.5) is 0 Å². The van der Waals surface area contributed by atoms with Gasteiger partial charge >= 0.3 is 0 Å². The highest BCUT2D eigenvalue weighted by Gasteiger charge is 2.35. The van der Waals surface area contributed by atoms with E-state index in [1.165, 1.54) is 16.7 Å². The van der Waals surface area contributed by atoms with E-state index in [1.807, 2.05) is 0 Å². The Hall–Kier alpha value is -1.88. The molecule has 0 aromatic heterocycles. The van der Waals surface area contributed by atoms with Crippen molar-refractivity contribution in [3.8, 4) is 34.5 Å². The number of aromatic hydroxyl groups is 2. The molecule has 2 aromatic carbocycles. The number of hydrogen-bond acceptors (Lipinski definition) is 4. The zero-order valence-corrected chi connectivity index (χ0v) is 25.3. The van der Waals surface area contributed by atoms with Crippen molar-refractivity contribution in [1.29, 1.82) is 0 Å². The lowest BCUT2D eigenvalue weighted by Crippen LogP contribution is -2.12. The molecule has 1 aliphatic heterocycles. The van der Waals surface area contributed by atoms with E-state index in [4.69, 9.17) is 9.47 Å². The molecule has 0 saturated carbocycles. The second kappa shape index (κ2) is 14.3. The first kappa shape index (κ1) is 29.7. The summed E-state index contributed by atoms with van der Waals surface area (Å²) in [7, 11) is 0. The van der Waals surface area contributed by atoms with Crippen LogP contribution in [0.5, 0.6) is 34.5 Å². The smallest absolute Gasteiger partial charge is 0.184 e. The predicted octanol–water partition coefficient (Wildman–Crippen LogP) is 10.5. The standard InChI is InChI=1S/C32H47BrO4/c1-6-11-16-21-22(17-12-7-2)26(33)32-29(23(21)18-13-8-3)36-30-24(19-14-9-4)27(34)28(35)25(20-15-10-5)31(30)37-32/h34-35H,6-20H2,1-5H3. The first-order valence-electron chi connectivity index (χ1n) is 14.8. The molecule has 0 spiro atoms. The van der Waals surface area contributed by atoms with E-state index >= 15 is 0 Å². The Labute approximate surface area is 232 Å². The van der Waals surface area contributed by atoms with Crippen LogP contribution in [0.3, 0.4) is 0 Å². The van der Waals surface area contributed by atoms with Gasteiger partial charge in [0, 0.05) is 16.7 Å². The van der Waals surface area contributed by atoms with Crippen LogP contribution in [-0.4, -0.2) is 10.2 Å². The van der Waals surface area contributed by atoms with Crippen LogP contribution in [0.25, 0.3) is 0 Å². The van der Waals surface area contributed by atoms with Crippen molar-refractivity contribution in [3.05, 3.63) is 32.3 Å². The van der Waals surface area contributed by atoms with Gasteiger partial charge in [-0.3, -0.25) is 0 Å². The predicted molar refractivity (Wildman–Crippen MR) is 157 cm³/mol. The third-order valence-electron chi connectivity index (χ3n) is 7.53. The fourth-order valence-electron chi connectivity index (χ4n) is 5.28. The largest absolute Gasteiger partial charge is 0.504 e. The molecular weight excluding hydrogens is 528 g/mol. The SMILES string of the molecule is CCCCc1c(Br)c2c(c(CCCC)c1CCCC)Oc1c(CCCC)c(O)c(O)c(CCCC)c1O2. The van der Waals surface area contributed by atoms with Crippen LogP contribution in [0.15, 0.2) is 4.47 Å². The van der Waals surface area contributed by atoms with Gasteiger partial charge in [-0.15, -0.1) is 0 Å². The zero-order chi connectivity index (χ0) is 26.9. The van der Waals surface area contributed by atoms with Crippen LogP contribution in [0.1, 0.15) is 127 Å². The van der Waals surface area contributed by atoms with E-state index < -0.39 is 0 Å². The molecular formula is C32H47BrO4. The molecule has 1 heterocycles. The lowest BCUT2D eigenvalue weighted by molar-refractivity contribution is 0.329. The Bertz CT molecular complexity index is 1060. The molecule has 0 amide bonds. The van der Waals surface area contributed by atoms with E-state index in [2.05, 4.69) is 50.5 Å². The van der Waals surface area contributed by atoms with E-state index in [-0.39, 0.29) is 11.5 Å². The van der Waals surface area contributed by atoms with E-state index in [9.17, 15) is 10.2 Å². The fourth-order valence-corrected chi connectivity index (χ4v) is 5.98. The monoisotopic (exact) mass is 574 g/mol. The lowest BCUT2D eigenvalue weighted by atomic mass is 9.89. The summed E-state index contributed by atoms with van der Waals surface area (Å²) < 4.78 is 14.6. The summed E-state index contributed by atoms with van der Waals surface area (Å²) in [6.45, 7) is 11.0. The average molecular weight is 576 g/mol. The maximum atomic E-state index is 11.1. The summed E-state index contributed by atoms with van der Waals surface area (Å²) in [5, 5.41) is 22.2. The molecule has 37 heavy (non-hydrogen) atoms. The summed E-state index contributed by atoms with van der Waals surface area (Å²) in [5.41, 5.74) is 5.31. The van der Waals surface area contributed by atoms with Crippen molar-refractivity contribution < 1.29 is 19.7 Å². The van der Waals surface area contributed by atoms with Gasteiger partial charge in [-0.2, -0.15) is 0 Å². The number of phenols is 2. The second-order valence-electron chi connectivity index (χ2n) is 10.4. The summed E-state index contributed by atoms with van der Waals surface area (Å²) >= 11 is 3.95. The van der Waals surface area contributed by atoms with Gasteiger partial charge in [0.15, 0.2) is 34.5 Å². The zero-order valence-electron chi connectivity index (χ0n) is 23.7. The molecule has 2 aromatic rings. The van der Waals surface area contributed by atoms with Gasteiger partial charge in [0.2, 0.25) is 0 Å². The van der Waals surface area contributed by atoms with Crippen molar-refractivity contribution in [2.75, 3.05) is 0 Å². The van der Waals surface area contributed by atoms with Crippen LogP contribution in [0, 0.1) is 0 Å². The number of unbranched alkanes of at least 4 members (excludes halogenated alkanes) is 5. The minimum atomic E-state index is -0.0570. The van der Waals surface area contributed by atoms with Crippen LogP contribution in [0.2, 0.25) is 0 Å². The summed E-state index contributed by atoms with van der Waals surface area (Å²) in [5.74, 6) is 2.59. The number of fused-ring (bicyclic) bond motifs is 2. The Morgan fingerprint density at radius 1 is 0.459 bits per heavy atom. The highest BCUT2D eigenvalue weighted by Crippen LogP contribution is 2.59.